The molecule has 0 N–H and O–H groups in total. The van der Waals surface area contributed by atoms with Crippen LogP contribution in [-0.4, -0.2) is 38.7 Å². The minimum Gasteiger partial charge on any atom is -0.339 e. The standard InChI is InChI=1S/C17H24N4O/c1-5-21-16-15(13(4)19-21)14(10-12(3)18-16)17(22)20-8-6-11(2)7-9-20/h10-11H,5-9H2,1-4H3. The van der Waals surface area contributed by atoms with E-state index in [0.717, 1.165) is 60.5 Å². The van der Waals surface area contributed by atoms with Crippen molar-refractivity contribution in [3.05, 3.63) is 23.0 Å². The Morgan fingerprint density at radius 3 is 2.64 bits per heavy atom. The molecule has 0 spiro atoms. The summed E-state index contributed by atoms with van der Waals surface area (Å²) >= 11 is 0. The lowest BCUT2D eigenvalue weighted by Gasteiger charge is -2.30. The van der Waals surface area contributed by atoms with Crippen molar-refractivity contribution in [3.63, 3.8) is 0 Å². The molecule has 0 saturated carbocycles. The fourth-order valence-electron chi connectivity index (χ4n) is 3.25. The van der Waals surface area contributed by atoms with Crippen molar-refractivity contribution < 1.29 is 4.79 Å². The van der Waals surface area contributed by atoms with Crippen LogP contribution < -0.4 is 0 Å². The second kappa shape index (κ2) is 5.71. The number of fused-ring (bicyclic) bond motifs is 1. The van der Waals surface area contributed by atoms with E-state index in [2.05, 4.69) is 17.0 Å². The molecule has 0 bridgehead atoms. The summed E-state index contributed by atoms with van der Waals surface area (Å²) in [5.41, 5.74) is 3.34. The molecule has 1 amide bonds. The van der Waals surface area contributed by atoms with Crippen LogP contribution in [0.25, 0.3) is 11.0 Å². The zero-order valence-electron chi connectivity index (χ0n) is 13.9. The number of aromatic nitrogens is 3. The molecule has 0 aliphatic carbocycles. The van der Waals surface area contributed by atoms with E-state index in [0.29, 0.717) is 5.92 Å². The molecule has 1 aliphatic rings. The Bertz CT molecular complexity index is 711. The Kier molecular flexibility index (Phi) is 3.89. The molecule has 2 aromatic rings. The Morgan fingerprint density at radius 1 is 1.32 bits per heavy atom. The Balaban J connectivity index is 2.06. The van der Waals surface area contributed by atoms with E-state index < -0.39 is 0 Å². The van der Waals surface area contributed by atoms with Crippen LogP contribution >= 0.6 is 0 Å². The molecule has 22 heavy (non-hydrogen) atoms. The zero-order valence-corrected chi connectivity index (χ0v) is 13.9. The maximum atomic E-state index is 13.0. The van der Waals surface area contributed by atoms with Gasteiger partial charge in [-0.15, -0.1) is 0 Å². The predicted octanol–water partition coefficient (Wildman–Crippen LogP) is 2.94. The van der Waals surface area contributed by atoms with Crippen molar-refractivity contribution in [2.24, 2.45) is 5.92 Å². The largest absolute Gasteiger partial charge is 0.339 e. The normalized spacial score (nSPS) is 16.5. The van der Waals surface area contributed by atoms with Gasteiger partial charge in [0.1, 0.15) is 0 Å². The summed E-state index contributed by atoms with van der Waals surface area (Å²) < 4.78 is 1.88. The number of pyridine rings is 1. The minimum absolute atomic E-state index is 0.126. The van der Waals surface area contributed by atoms with Gasteiger partial charge in [-0.05, 0) is 45.6 Å². The maximum absolute atomic E-state index is 13.0. The van der Waals surface area contributed by atoms with Gasteiger partial charge in [0, 0.05) is 25.3 Å². The van der Waals surface area contributed by atoms with E-state index in [1.165, 1.54) is 0 Å². The molecule has 2 aromatic heterocycles. The molecule has 118 valence electrons. The second-order valence-corrected chi connectivity index (χ2v) is 6.39. The van der Waals surface area contributed by atoms with E-state index in [4.69, 9.17) is 0 Å². The molecule has 0 atom stereocenters. The van der Waals surface area contributed by atoms with Gasteiger partial charge in [-0.1, -0.05) is 6.92 Å². The summed E-state index contributed by atoms with van der Waals surface area (Å²) in [6, 6.07) is 1.91. The lowest BCUT2D eigenvalue weighted by molar-refractivity contribution is 0.0699. The number of nitrogens with zero attached hydrogens (tertiary/aromatic N) is 4. The highest BCUT2D eigenvalue weighted by atomic mass is 16.2. The zero-order chi connectivity index (χ0) is 15.9. The Hall–Kier alpha value is -1.91. The lowest BCUT2D eigenvalue weighted by Crippen LogP contribution is -2.38. The van der Waals surface area contributed by atoms with Gasteiger partial charge in [0.2, 0.25) is 0 Å². The highest BCUT2D eigenvalue weighted by molar-refractivity contribution is 6.06. The first-order valence-electron chi connectivity index (χ1n) is 8.15. The first kappa shape index (κ1) is 15.0. The quantitative estimate of drug-likeness (QED) is 0.857. The highest BCUT2D eigenvalue weighted by Crippen LogP contribution is 2.25. The molecule has 1 aliphatic heterocycles. The van der Waals surface area contributed by atoms with Crippen molar-refractivity contribution in [1.82, 2.24) is 19.7 Å². The molecule has 0 aromatic carbocycles. The van der Waals surface area contributed by atoms with Crippen LogP contribution in [0.4, 0.5) is 0 Å². The summed E-state index contributed by atoms with van der Waals surface area (Å²) in [6.07, 6.45) is 2.18. The SMILES string of the molecule is CCn1nc(C)c2c(C(=O)N3CCC(C)CC3)cc(C)nc21. The molecule has 3 rings (SSSR count). The fourth-order valence-corrected chi connectivity index (χ4v) is 3.25. The summed E-state index contributed by atoms with van der Waals surface area (Å²) in [7, 11) is 0. The number of carbonyl (C=O) groups is 1. The third-order valence-electron chi connectivity index (χ3n) is 4.61. The Labute approximate surface area is 131 Å². The van der Waals surface area contributed by atoms with E-state index >= 15 is 0 Å². The van der Waals surface area contributed by atoms with Crippen molar-refractivity contribution in [1.29, 1.82) is 0 Å². The van der Waals surface area contributed by atoms with Crippen LogP contribution in [0.15, 0.2) is 6.07 Å². The van der Waals surface area contributed by atoms with Crippen molar-refractivity contribution in [2.75, 3.05) is 13.1 Å². The summed E-state index contributed by atoms with van der Waals surface area (Å²) in [4.78, 5) is 19.6. The van der Waals surface area contributed by atoms with Gasteiger partial charge in [0.15, 0.2) is 5.65 Å². The van der Waals surface area contributed by atoms with Gasteiger partial charge in [0.25, 0.3) is 5.91 Å². The molecule has 5 heteroatoms. The monoisotopic (exact) mass is 300 g/mol. The molecule has 5 nitrogen and oxygen atoms in total. The topological polar surface area (TPSA) is 51.0 Å². The van der Waals surface area contributed by atoms with E-state index in [1.807, 2.05) is 36.4 Å². The van der Waals surface area contributed by atoms with Gasteiger partial charge in [-0.2, -0.15) is 5.10 Å². The predicted molar refractivity (Wildman–Crippen MR) is 87.0 cm³/mol. The summed E-state index contributed by atoms with van der Waals surface area (Å²) in [6.45, 7) is 10.7. The average molecular weight is 300 g/mol. The molecule has 0 radical (unpaired) electrons. The maximum Gasteiger partial charge on any atom is 0.254 e. The second-order valence-electron chi connectivity index (χ2n) is 6.39. The first-order chi connectivity index (χ1) is 10.5. The number of amides is 1. The number of likely N-dealkylation sites (tertiary alicyclic amines) is 1. The van der Waals surface area contributed by atoms with Gasteiger partial charge in [0.05, 0.1) is 16.6 Å². The highest BCUT2D eigenvalue weighted by Gasteiger charge is 2.25. The molecule has 1 saturated heterocycles. The fraction of sp³-hybridized carbons (Fsp3) is 0.588. The van der Waals surface area contributed by atoms with Gasteiger partial charge >= 0.3 is 0 Å². The summed E-state index contributed by atoms with van der Waals surface area (Å²) in [5.74, 6) is 0.842. The first-order valence-corrected chi connectivity index (χ1v) is 8.15. The third-order valence-corrected chi connectivity index (χ3v) is 4.61. The number of piperidine rings is 1. The van der Waals surface area contributed by atoms with Gasteiger partial charge in [-0.25, -0.2) is 9.67 Å². The Morgan fingerprint density at radius 2 is 2.00 bits per heavy atom. The van der Waals surface area contributed by atoms with Crippen molar-refractivity contribution in [3.8, 4) is 0 Å². The van der Waals surface area contributed by atoms with E-state index in [9.17, 15) is 4.79 Å². The number of aryl methyl sites for hydroxylation is 3. The van der Waals surface area contributed by atoms with Crippen molar-refractivity contribution in [2.45, 2.75) is 47.1 Å². The molecule has 3 heterocycles. The average Bonchev–Trinajstić information content (AvgIpc) is 2.82. The van der Waals surface area contributed by atoms with Crippen LogP contribution in [0, 0.1) is 19.8 Å². The molecular formula is C17H24N4O. The van der Waals surface area contributed by atoms with Crippen molar-refractivity contribution >= 4 is 16.9 Å². The smallest absolute Gasteiger partial charge is 0.254 e. The summed E-state index contributed by atoms with van der Waals surface area (Å²) in [5, 5.41) is 5.45. The number of hydrogen-bond acceptors (Lipinski definition) is 3. The van der Waals surface area contributed by atoms with Gasteiger partial charge < -0.3 is 4.90 Å². The number of carbonyl (C=O) groups excluding carboxylic acids is 1. The van der Waals surface area contributed by atoms with Crippen LogP contribution in [0.3, 0.4) is 0 Å². The van der Waals surface area contributed by atoms with Crippen LogP contribution in [0.5, 0.6) is 0 Å². The van der Waals surface area contributed by atoms with E-state index in [-0.39, 0.29) is 5.91 Å². The van der Waals surface area contributed by atoms with Crippen LogP contribution in [0.1, 0.15) is 48.4 Å². The van der Waals surface area contributed by atoms with Crippen LogP contribution in [0.2, 0.25) is 0 Å². The lowest BCUT2D eigenvalue weighted by atomic mass is 9.98. The number of hydrogen-bond donors (Lipinski definition) is 0. The van der Waals surface area contributed by atoms with Gasteiger partial charge in [-0.3, -0.25) is 4.79 Å². The number of rotatable bonds is 2. The molecule has 1 fully saturated rings. The molecular weight excluding hydrogens is 276 g/mol. The molecule has 0 unspecified atom stereocenters. The van der Waals surface area contributed by atoms with E-state index in [1.54, 1.807) is 0 Å². The van der Waals surface area contributed by atoms with Crippen LogP contribution in [-0.2, 0) is 6.54 Å². The minimum atomic E-state index is 0.126. The third kappa shape index (κ3) is 2.49.